The molecule has 2 amide bonds. The van der Waals surface area contributed by atoms with Crippen LogP contribution in [0.3, 0.4) is 0 Å². The number of amides is 2. The number of likely N-dealkylation sites (tertiary alicyclic amines) is 2. The van der Waals surface area contributed by atoms with Gasteiger partial charge < -0.3 is 9.80 Å². The molecular weight excluding hydrogens is 264 g/mol. The second-order valence-electron chi connectivity index (χ2n) is 7.21. The Hall–Kier alpha value is -1.06. The topological polar surface area (TPSA) is 40.6 Å². The van der Waals surface area contributed by atoms with Crippen LogP contribution in [0.4, 0.5) is 0 Å². The van der Waals surface area contributed by atoms with Crippen molar-refractivity contribution in [3.63, 3.8) is 0 Å². The van der Waals surface area contributed by atoms with Gasteiger partial charge in [-0.05, 0) is 37.0 Å². The molecule has 0 aliphatic carbocycles. The highest BCUT2D eigenvalue weighted by Crippen LogP contribution is 2.41. The summed E-state index contributed by atoms with van der Waals surface area (Å²) in [4.78, 5) is 28.0. The predicted octanol–water partition coefficient (Wildman–Crippen LogP) is 2.67. The van der Waals surface area contributed by atoms with Gasteiger partial charge in [-0.15, -0.1) is 0 Å². The first-order chi connectivity index (χ1) is 9.96. The maximum atomic E-state index is 12.1. The summed E-state index contributed by atoms with van der Waals surface area (Å²) in [6, 6.07) is 0. The van der Waals surface area contributed by atoms with Crippen LogP contribution < -0.4 is 0 Å². The third kappa shape index (κ3) is 3.98. The van der Waals surface area contributed by atoms with Gasteiger partial charge in [0.2, 0.25) is 11.8 Å². The summed E-state index contributed by atoms with van der Waals surface area (Å²) in [7, 11) is 0. The molecule has 0 aromatic carbocycles. The van der Waals surface area contributed by atoms with E-state index in [0.717, 1.165) is 51.9 Å². The molecule has 0 atom stereocenters. The van der Waals surface area contributed by atoms with Crippen LogP contribution in [-0.2, 0) is 9.59 Å². The molecule has 0 radical (unpaired) electrons. The third-order valence-corrected chi connectivity index (χ3v) is 5.24. The molecule has 1 spiro atoms. The zero-order valence-corrected chi connectivity index (χ0v) is 13.9. The van der Waals surface area contributed by atoms with Crippen LogP contribution in [-0.4, -0.2) is 47.8 Å². The number of nitrogens with zero attached hydrogens (tertiary/aromatic N) is 2. The molecule has 2 fully saturated rings. The number of carbonyl (C=O) groups is 2. The Bertz CT molecular complexity index is 374. The molecule has 0 N–H and O–H groups in total. The summed E-state index contributed by atoms with van der Waals surface area (Å²) in [5, 5.41) is 0. The van der Waals surface area contributed by atoms with Gasteiger partial charge in [-0.25, -0.2) is 0 Å². The fourth-order valence-electron chi connectivity index (χ4n) is 3.66. The Labute approximate surface area is 128 Å². The van der Waals surface area contributed by atoms with Gasteiger partial charge in [-0.1, -0.05) is 20.8 Å². The first-order valence-electron chi connectivity index (χ1n) is 8.51. The van der Waals surface area contributed by atoms with Gasteiger partial charge in [0.25, 0.3) is 0 Å². The van der Waals surface area contributed by atoms with E-state index in [-0.39, 0.29) is 5.91 Å². The lowest BCUT2D eigenvalue weighted by Gasteiger charge is -2.47. The van der Waals surface area contributed by atoms with Crippen LogP contribution in [0.25, 0.3) is 0 Å². The molecule has 0 saturated carbocycles. The van der Waals surface area contributed by atoms with Crippen LogP contribution in [0, 0.1) is 11.3 Å². The smallest absolute Gasteiger partial charge is 0.222 e. The number of hydrogen-bond donors (Lipinski definition) is 0. The molecule has 2 aliphatic heterocycles. The molecule has 0 aromatic rings. The van der Waals surface area contributed by atoms with Crippen molar-refractivity contribution in [3.8, 4) is 0 Å². The van der Waals surface area contributed by atoms with E-state index < -0.39 is 0 Å². The highest BCUT2D eigenvalue weighted by Gasteiger charge is 2.39. The Morgan fingerprint density at radius 3 is 1.71 bits per heavy atom. The molecule has 120 valence electrons. The van der Waals surface area contributed by atoms with E-state index in [1.807, 2.05) is 11.8 Å². The van der Waals surface area contributed by atoms with E-state index >= 15 is 0 Å². The minimum Gasteiger partial charge on any atom is -0.343 e. The van der Waals surface area contributed by atoms with Gasteiger partial charge in [0.15, 0.2) is 0 Å². The molecule has 2 heterocycles. The van der Waals surface area contributed by atoms with E-state index in [1.165, 1.54) is 0 Å². The van der Waals surface area contributed by atoms with E-state index in [0.29, 0.717) is 30.1 Å². The lowest BCUT2D eigenvalue weighted by atomic mass is 9.71. The van der Waals surface area contributed by atoms with Gasteiger partial charge in [0.1, 0.15) is 0 Å². The van der Waals surface area contributed by atoms with E-state index in [4.69, 9.17) is 0 Å². The normalized spacial score (nSPS) is 21.9. The lowest BCUT2D eigenvalue weighted by Crippen LogP contribution is -2.49. The quantitative estimate of drug-likeness (QED) is 0.803. The van der Waals surface area contributed by atoms with Crippen molar-refractivity contribution in [1.82, 2.24) is 9.80 Å². The van der Waals surface area contributed by atoms with Gasteiger partial charge in [0, 0.05) is 39.0 Å². The Morgan fingerprint density at radius 1 is 0.905 bits per heavy atom. The van der Waals surface area contributed by atoms with Gasteiger partial charge in [-0.3, -0.25) is 9.59 Å². The number of hydrogen-bond acceptors (Lipinski definition) is 2. The predicted molar refractivity (Wildman–Crippen MR) is 83.8 cm³/mol. The van der Waals surface area contributed by atoms with Crippen molar-refractivity contribution in [3.05, 3.63) is 0 Å². The maximum Gasteiger partial charge on any atom is 0.222 e. The van der Waals surface area contributed by atoms with Crippen LogP contribution in [0.5, 0.6) is 0 Å². The average molecular weight is 294 g/mol. The molecular formula is C17H30N2O2. The van der Waals surface area contributed by atoms with E-state index in [9.17, 15) is 9.59 Å². The standard InChI is InChI=1S/C17H30N2O2/c1-4-15(20)18-9-5-17(6-10-18)7-11-19(12-8-17)16(21)13-14(2)3/h14H,4-13H2,1-3H3. The Kier molecular flexibility index (Phi) is 5.28. The number of rotatable bonds is 3. The van der Waals surface area contributed by atoms with Gasteiger partial charge in [0.05, 0.1) is 0 Å². The molecule has 0 bridgehead atoms. The first kappa shape index (κ1) is 16.3. The highest BCUT2D eigenvalue weighted by molar-refractivity contribution is 5.76. The third-order valence-electron chi connectivity index (χ3n) is 5.24. The van der Waals surface area contributed by atoms with Crippen molar-refractivity contribution >= 4 is 11.8 Å². The SMILES string of the molecule is CCC(=O)N1CCC2(CC1)CCN(C(=O)CC(C)C)CC2. The zero-order chi connectivity index (χ0) is 15.5. The van der Waals surface area contributed by atoms with Crippen LogP contribution in [0.15, 0.2) is 0 Å². The molecule has 2 aliphatic rings. The van der Waals surface area contributed by atoms with Crippen molar-refractivity contribution in [1.29, 1.82) is 0 Å². The molecule has 4 nitrogen and oxygen atoms in total. The summed E-state index contributed by atoms with van der Waals surface area (Å²) < 4.78 is 0. The van der Waals surface area contributed by atoms with Crippen molar-refractivity contribution in [2.45, 2.75) is 59.3 Å². The number of piperidine rings is 2. The fourth-order valence-corrected chi connectivity index (χ4v) is 3.66. The summed E-state index contributed by atoms with van der Waals surface area (Å²) in [6.07, 6.45) is 5.75. The Balaban J connectivity index is 1.81. The van der Waals surface area contributed by atoms with Crippen molar-refractivity contribution < 1.29 is 9.59 Å². The monoisotopic (exact) mass is 294 g/mol. The first-order valence-corrected chi connectivity index (χ1v) is 8.51. The van der Waals surface area contributed by atoms with E-state index in [1.54, 1.807) is 0 Å². The minimum absolute atomic E-state index is 0.286. The number of carbonyl (C=O) groups excluding carboxylic acids is 2. The molecule has 0 unspecified atom stereocenters. The average Bonchev–Trinajstić information content (AvgIpc) is 2.47. The molecule has 21 heavy (non-hydrogen) atoms. The fraction of sp³-hybridized carbons (Fsp3) is 0.882. The van der Waals surface area contributed by atoms with Crippen LogP contribution >= 0.6 is 0 Å². The maximum absolute atomic E-state index is 12.1. The summed E-state index contributed by atoms with van der Waals surface area (Å²) in [5.41, 5.74) is 0.388. The molecule has 2 rings (SSSR count). The minimum atomic E-state index is 0.286. The zero-order valence-electron chi connectivity index (χ0n) is 13.9. The van der Waals surface area contributed by atoms with Crippen molar-refractivity contribution in [2.24, 2.45) is 11.3 Å². The second-order valence-corrected chi connectivity index (χ2v) is 7.21. The summed E-state index contributed by atoms with van der Waals surface area (Å²) in [6.45, 7) is 9.78. The largest absolute Gasteiger partial charge is 0.343 e. The highest BCUT2D eigenvalue weighted by atomic mass is 16.2. The lowest BCUT2D eigenvalue weighted by molar-refractivity contribution is -0.136. The second kappa shape index (κ2) is 6.80. The van der Waals surface area contributed by atoms with Crippen LogP contribution in [0.1, 0.15) is 59.3 Å². The molecule has 2 saturated heterocycles. The van der Waals surface area contributed by atoms with Crippen LogP contribution in [0.2, 0.25) is 0 Å². The molecule has 4 heteroatoms. The van der Waals surface area contributed by atoms with Gasteiger partial charge >= 0.3 is 0 Å². The van der Waals surface area contributed by atoms with E-state index in [2.05, 4.69) is 18.7 Å². The molecule has 0 aromatic heterocycles. The van der Waals surface area contributed by atoms with Gasteiger partial charge in [-0.2, -0.15) is 0 Å². The van der Waals surface area contributed by atoms with Crippen molar-refractivity contribution in [2.75, 3.05) is 26.2 Å². The Morgan fingerprint density at radius 2 is 1.33 bits per heavy atom. The summed E-state index contributed by atoms with van der Waals surface area (Å²) >= 11 is 0. The summed E-state index contributed by atoms with van der Waals surface area (Å²) in [5.74, 6) is 1.05.